The van der Waals surface area contributed by atoms with Crippen molar-refractivity contribution in [3.05, 3.63) is 10.7 Å². The number of allylic oxidation sites excluding steroid dienone is 1. The van der Waals surface area contributed by atoms with E-state index in [1.165, 1.54) is 0 Å². The lowest BCUT2D eigenvalue weighted by atomic mass is 10.4. The van der Waals surface area contributed by atoms with Crippen molar-refractivity contribution in [1.82, 2.24) is 0 Å². The van der Waals surface area contributed by atoms with Gasteiger partial charge in [0.15, 0.2) is 0 Å². The zero-order valence-electron chi connectivity index (χ0n) is 5.98. The maximum atomic E-state index is 10.7. The van der Waals surface area contributed by atoms with Crippen molar-refractivity contribution < 1.29 is 9.53 Å². The minimum absolute atomic E-state index is 0.0400. The van der Waals surface area contributed by atoms with Crippen molar-refractivity contribution in [3.8, 4) is 0 Å². The second-order valence-electron chi connectivity index (χ2n) is 1.72. The van der Waals surface area contributed by atoms with Gasteiger partial charge in [-0.15, -0.1) is 0 Å². The predicted molar refractivity (Wildman–Crippen MR) is 39.4 cm³/mol. The zero-order valence-corrected chi connectivity index (χ0v) is 6.73. The average Bonchev–Trinajstić information content (AvgIpc) is 1.87. The Bertz CT molecular complexity index is 161. The van der Waals surface area contributed by atoms with Crippen LogP contribution < -0.4 is 5.73 Å². The van der Waals surface area contributed by atoms with Crippen LogP contribution in [0.1, 0.15) is 13.8 Å². The highest BCUT2D eigenvalue weighted by atomic mass is 35.5. The summed E-state index contributed by atoms with van der Waals surface area (Å²) < 4.78 is 4.56. The molecular formula is C6H10ClNO2. The maximum absolute atomic E-state index is 10.7. The highest BCUT2D eigenvalue weighted by Gasteiger charge is 2.08. The van der Waals surface area contributed by atoms with Crippen molar-refractivity contribution in [2.24, 2.45) is 5.73 Å². The summed E-state index contributed by atoms with van der Waals surface area (Å²) in [6, 6.07) is 0. The van der Waals surface area contributed by atoms with Gasteiger partial charge in [-0.1, -0.05) is 11.6 Å². The van der Waals surface area contributed by atoms with Crippen LogP contribution in [-0.2, 0) is 9.53 Å². The molecule has 0 aromatic heterocycles. The van der Waals surface area contributed by atoms with E-state index < -0.39 is 5.97 Å². The zero-order chi connectivity index (χ0) is 8.15. The Balaban J connectivity index is 4.09. The molecule has 3 nitrogen and oxygen atoms in total. The van der Waals surface area contributed by atoms with E-state index in [0.29, 0.717) is 6.61 Å². The van der Waals surface area contributed by atoms with Crippen LogP contribution in [0, 0.1) is 0 Å². The van der Waals surface area contributed by atoms with Gasteiger partial charge in [-0.25, -0.2) is 4.79 Å². The number of ether oxygens (including phenoxy) is 1. The number of nitrogens with two attached hydrogens (primary N) is 1. The Hall–Kier alpha value is -0.700. The number of esters is 1. The Morgan fingerprint density at radius 2 is 2.20 bits per heavy atom. The van der Waals surface area contributed by atoms with E-state index in [4.69, 9.17) is 17.3 Å². The van der Waals surface area contributed by atoms with E-state index in [1.54, 1.807) is 13.8 Å². The van der Waals surface area contributed by atoms with Gasteiger partial charge < -0.3 is 10.5 Å². The largest absolute Gasteiger partial charge is 0.462 e. The lowest BCUT2D eigenvalue weighted by Gasteiger charge is -1.99. The molecule has 0 fully saturated rings. The minimum Gasteiger partial charge on any atom is -0.462 e. The molecule has 0 aliphatic carbocycles. The number of hydrogen-bond donors (Lipinski definition) is 1. The summed E-state index contributed by atoms with van der Waals surface area (Å²) in [7, 11) is 0. The molecule has 0 spiro atoms. The fourth-order valence-corrected chi connectivity index (χ4v) is 0.410. The monoisotopic (exact) mass is 163 g/mol. The third kappa shape index (κ3) is 2.73. The van der Waals surface area contributed by atoms with Gasteiger partial charge >= 0.3 is 5.97 Å². The molecule has 58 valence electrons. The molecule has 0 saturated heterocycles. The lowest BCUT2D eigenvalue weighted by molar-refractivity contribution is -0.137. The summed E-state index contributed by atoms with van der Waals surface area (Å²) in [4.78, 5) is 10.7. The number of rotatable bonds is 2. The van der Waals surface area contributed by atoms with Crippen molar-refractivity contribution in [2.75, 3.05) is 6.61 Å². The van der Waals surface area contributed by atoms with Crippen molar-refractivity contribution in [1.29, 1.82) is 0 Å². The molecule has 0 aromatic carbocycles. The number of hydrogen-bond acceptors (Lipinski definition) is 3. The van der Waals surface area contributed by atoms with Gasteiger partial charge in [0, 0.05) is 5.70 Å². The molecule has 0 amide bonds. The van der Waals surface area contributed by atoms with Crippen LogP contribution in [-0.4, -0.2) is 12.6 Å². The molecule has 0 atom stereocenters. The van der Waals surface area contributed by atoms with E-state index in [9.17, 15) is 4.79 Å². The van der Waals surface area contributed by atoms with Crippen molar-refractivity contribution in [3.63, 3.8) is 0 Å². The predicted octanol–water partition coefficient (Wildman–Crippen LogP) is 0.979. The molecule has 4 heteroatoms. The fraction of sp³-hybridized carbons (Fsp3) is 0.500. The molecule has 0 aliphatic rings. The Morgan fingerprint density at radius 1 is 1.70 bits per heavy atom. The summed E-state index contributed by atoms with van der Waals surface area (Å²) in [6.07, 6.45) is 0. The van der Waals surface area contributed by atoms with Crippen LogP contribution >= 0.6 is 11.6 Å². The first kappa shape index (κ1) is 9.30. The molecule has 0 radical (unpaired) electrons. The first-order valence-corrected chi connectivity index (χ1v) is 3.26. The van der Waals surface area contributed by atoms with Gasteiger partial charge in [-0.05, 0) is 13.8 Å². The van der Waals surface area contributed by atoms with Crippen LogP contribution in [0.15, 0.2) is 10.7 Å². The van der Waals surface area contributed by atoms with E-state index in [0.717, 1.165) is 0 Å². The molecule has 2 N–H and O–H groups in total. The maximum Gasteiger partial charge on any atom is 0.351 e. The van der Waals surface area contributed by atoms with Crippen LogP contribution in [0.25, 0.3) is 0 Å². The Labute approximate surface area is 64.8 Å². The van der Waals surface area contributed by atoms with Crippen LogP contribution in [0.2, 0.25) is 0 Å². The van der Waals surface area contributed by atoms with Crippen LogP contribution in [0.4, 0.5) is 0 Å². The summed E-state index contributed by atoms with van der Waals surface area (Å²) in [5.74, 6) is -0.566. The Morgan fingerprint density at radius 3 is 2.50 bits per heavy atom. The number of halogens is 1. The fourth-order valence-electron chi connectivity index (χ4n) is 0.355. The summed E-state index contributed by atoms with van der Waals surface area (Å²) in [5, 5.41) is -0.0400. The van der Waals surface area contributed by atoms with Crippen LogP contribution in [0.5, 0.6) is 0 Å². The lowest BCUT2D eigenvalue weighted by Crippen LogP contribution is -2.08. The molecule has 0 unspecified atom stereocenters. The first-order valence-electron chi connectivity index (χ1n) is 2.88. The second-order valence-corrected chi connectivity index (χ2v) is 2.10. The first-order chi connectivity index (χ1) is 4.59. The second kappa shape index (κ2) is 4.17. The van der Waals surface area contributed by atoms with Gasteiger partial charge in [0.2, 0.25) is 0 Å². The van der Waals surface area contributed by atoms with Gasteiger partial charge in [0.25, 0.3) is 0 Å². The SMILES string of the molecule is CCOC(=O)/C(Cl)=C(/C)N. The molecule has 0 aromatic rings. The highest BCUT2D eigenvalue weighted by Crippen LogP contribution is 2.06. The third-order valence-corrected chi connectivity index (χ3v) is 1.25. The highest BCUT2D eigenvalue weighted by molar-refractivity contribution is 6.41. The standard InChI is InChI=1S/C6H10ClNO2/c1-3-10-6(9)5(7)4(2)8/h3,8H2,1-2H3/b5-4+. The number of carbonyl (C=O) groups is 1. The van der Waals surface area contributed by atoms with Gasteiger partial charge in [-0.3, -0.25) is 0 Å². The summed E-state index contributed by atoms with van der Waals surface area (Å²) >= 11 is 5.43. The average molecular weight is 164 g/mol. The molecule has 10 heavy (non-hydrogen) atoms. The van der Waals surface area contributed by atoms with Gasteiger partial charge in [-0.2, -0.15) is 0 Å². The van der Waals surface area contributed by atoms with E-state index in [2.05, 4.69) is 4.74 Å². The molecular weight excluding hydrogens is 154 g/mol. The van der Waals surface area contributed by atoms with E-state index in [-0.39, 0.29) is 10.7 Å². The van der Waals surface area contributed by atoms with Gasteiger partial charge in [0.1, 0.15) is 5.03 Å². The molecule has 0 aliphatic heterocycles. The quantitative estimate of drug-likeness (QED) is 0.488. The third-order valence-electron chi connectivity index (χ3n) is 0.801. The molecule has 0 rings (SSSR count). The minimum atomic E-state index is -0.566. The van der Waals surface area contributed by atoms with E-state index >= 15 is 0 Å². The van der Waals surface area contributed by atoms with Crippen LogP contribution in [0.3, 0.4) is 0 Å². The van der Waals surface area contributed by atoms with E-state index in [1.807, 2.05) is 0 Å². The Kier molecular flexibility index (Phi) is 3.88. The smallest absolute Gasteiger partial charge is 0.351 e. The normalized spacial score (nSPS) is 12.3. The van der Waals surface area contributed by atoms with Crippen molar-refractivity contribution in [2.45, 2.75) is 13.8 Å². The topological polar surface area (TPSA) is 52.3 Å². The number of carbonyl (C=O) groups excluding carboxylic acids is 1. The summed E-state index contributed by atoms with van der Waals surface area (Å²) in [6.45, 7) is 3.55. The van der Waals surface area contributed by atoms with Gasteiger partial charge in [0.05, 0.1) is 6.61 Å². The molecule has 0 saturated carbocycles. The summed E-state index contributed by atoms with van der Waals surface area (Å²) in [5.41, 5.74) is 5.49. The van der Waals surface area contributed by atoms with Crippen molar-refractivity contribution >= 4 is 17.6 Å². The molecule has 0 bridgehead atoms. The molecule has 0 heterocycles.